The predicted molar refractivity (Wildman–Crippen MR) is 72.7 cm³/mol. The summed E-state index contributed by atoms with van der Waals surface area (Å²) in [6.45, 7) is 2.30. The molecule has 4 nitrogen and oxygen atoms in total. The molecule has 2 N–H and O–H groups in total. The third kappa shape index (κ3) is 3.18. The highest BCUT2D eigenvalue weighted by atomic mass is 16.3. The molecule has 19 heavy (non-hydrogen) atoms. The van der Waals surface area contributed by atoms with Gasteiger partial charge in [-0.3, -0.25) is 4.79 Å². The summed E-state index contributed by atoms with van der Waals surface area (Å²) in [5, 5.41) is 6.64. The van der Waals surface area contributed by atoms with E-state index in [1.807, 2.05) is 12.1 Å². The summed E-state index contributed by atoms with van der Waals surface area (Å²) >= 11 is 0. The minimum Gasteiger partial charge on any atom is -0.469 e. The van der Waals surface area contributed by atoms with Gasteiger partial charge >= 0.3 is 0 Å². The van der Waals surface area contributed by atoms with Gasteiger partial charge in [0.05, 0.1) is 6.26 Å². The maximum atomic E-state index is 11.9. The predicted octanol–water partition coefficient (Wildman–Crippen LogP) is 1.72. The number of amides is 1. The van der Waals surface area contributed by atoms with Crippen LogP contribution in [0.15, 0.2) is 22.8 Å². The van der Waals surface area contributed by atoms with Crippen molar-refractivity contribution >= 4 is 5.91 Å². The van der Waals surface area contributed by atoms with Crippen molar-refractivity contribution in [2.24, 2.45) is 11.8 Å². The van der Waals surface area contributed by atoms with Crippen LogP contribution in [-0.4, -0.2) is 25.0 Å². The Balaban J connectivity index is 1.42. The summed E-state index contributed by atoms with van der Waals surface area (Å²) < 4.78 is 5.24. The van der Waals surface area contributed by atoms with Gasteiger partial charge in [0.2, 0.25) is 5.91 Å². The highest BCUT2D eigenvalue weighted by Crippen LogP contribution is 2.32. The molecule has 3 atom stereocenters. The number of aryl methyl sites for hydroxylation is 1. The van der Waals surface area contributed by atoms with Crippen molar-refractivity contribution in [3.8, 4) is 0 Å². The first-order chi connectivity index (χ1) is 9.31. The van der Waals surface area contributed by atoms with Crippen molar-refractivity contribution in [2.75, 3.05) is 13.1 Å². The van der Waals surface area contributed by atoms with Gasteiger partial charge in [-0.25, -0.2) is 0 Å². The molecule has 1 aromatic heterocycles. The van der Waals surface area contributed by atoms with Crippen molar-refractivity contribution in [3.05, 3.63) is 24.2 Å². The molecular weight excluding hydrogens is 240 g/mol. The van der Waals surface area contributed by atoms with E-state index in [1.54, 1.807) is 6.26 Å². The van der Waals surface area contributed by atoms with Crippen LogP contribution in [0.2, 0.25) is 0 Å². The zero-order valence-electron chi connectivity index (χ0n) is 11.2. The molecule has 1 unspecified atom stereocenters. The molecule has 1 saturated heterocycles. The largest absolute Gasteiger partial charge is 0.469 e. The van der Waals surface area contributed by atoms with E-state index in [0.717, 1.165) is 37.0 Å². The van der Waals surface area contributed by atoms with Crippen LogP contribution in [0.4, 0.5) is 0 Å². The molecule has 1 aliphatic carbocycles. The highest BCUT2D eigenvalue weighted by Gasteiger charge is 2.34. The fraction of sp³-hybridized carbons (Fsp3) is 0.667. The fourth-order valence-electron chi connectivity index (χ4n) is 3.42. The second kappa shape index (κ2) is 5.78. The number of carbonyl (C=O) groups is 1. The van der Waals surface area contributed by atoms with E-state index in [1.165, 1.54) is 13.0 Å². The van der Waals surface area contributed by atoms with Crippen molar-refractivity contribution < 1.29 is 9.21 Å². The second-order valence-corrected chi connectivity index (χ2v) is 5.84. The normalized spacial score (nSPS) is 30.0. The molecule has 2 aliphatic rings. The number of rotatable bonds is 4. The topological polar surface area (TPSA) is 54.3 Å². The number of hydrogen-bond donors (Lipinski definition) is 2. The Kier molecular flexibility index (Phi) is 3.87. The molecule has 104 valence electrons. The summed E-state index contributed by atoms with van der Waals surface area (Å²) in [5.41, 5.74) is 0. The number of nitrogens with one attached hydrogen (secondary N) is 2. The van der Waals surface area contributed by atoms with E-state index in [2.05, 4.69) is 10.6 Å². The Bertz CT molecular complexity index is 416. The van der Waals surface area contributed by atoms with Gasteiger partial charge in [0.1, 0.15) is 5.76 Å². The van der Waals surface area contributed by atoms with E-state index in [-0.39, 0.29) is 5.91 Å². The number of furan rings is 1. The number of hydrogen-bond acceptors (Lipinski definition) is 3. The summed E-state index contributed by atoms with van der Waals surface area (Å²) in [4.78, 5) is 11.9. The summed E-state index contributed by atoms with van der Waals surface area (Å²) in [6.07, 6.45) is 6.40. The Morgan fingerprint density at radius 2 is 2.26 bits per heavy atom. The molecule has 0 radical (unpaired) electrons. The van der Waals surface area contributed by atoms with Gasteiger partial charge in [-0.1, -0.05) is 0 Å². The van der Waals surface area contributed by atoms with Crippen LogP contribution in [0.25, 0.3) is 0 Å². The molecule has 0 bridgehead atoms. The van der Waals surface area contributed by atoms with Crippen LogP contribution in [-0.2, 0) is 11.2 Å². The first-order valence-electron chi connectivity index (χ1n) is 7.34. The van der Waals surface area contributed by atoms with Gasteiger partial charge in [-0.15, -0.1) is 0 Å². The number of carbonyl (C=O) groups excluding carboxylic acids is 1. The lowest BCUT2D eigenvalue weighted by atomic mass is 9.79. The monoisotopic (exact) mass is 262 g/mol. The van der Waals surface area contributed by atoms with Crippen molar-refractivity contribution in [3.63, 3.8) is 0 Å². The van der Waals surface area contributed by atoms with Crippen LogP contribution in [0, 0.1) is 11.8 Å². The van der Waals surface area contributed by atoms with Crippen molar-refractivity contribution in [1.82, 2.24) is 10.6 Å². The fourth-order valence-corrected chi connectivity index (χ4v) is 3.42. The van der Waals surface area contributed by atoms with E-state index >= 15 is 0 Å². The van der Waals surface area contributed by atoms with E-state index in [9.17, 15) is 4.79 Å². The second-order valence-electron chi connectivity index (χ2n) is 5.84. The maximum Gasteiger partial charge on any atom is 0.220 e. The molecule has 3 rings (SSSR count). The van der Waals surface area contributed by atoms with Crippen LogP contribution >= 0.6 is 0 Å². The van der Waals surface area contributed by atoms with Crippen LogP contribution in [0.3, 0.4) is 0 Å². The molecule has 1 aromatic rings. The van der Waals surface area contributed by atoms with Crippen LogP contribution in [0.5, 0.6) is 0 Å². The Hall–Kier alpha value is -1.29. The van der Waals surface area contributed by atoms with Crippen molar-refractivity contribution in [1.29, 1.82) is 0 Å². The van der Waals surface area contributed by atoms with Crippen molar-refractivity contribution in [2.45, 2.75) is 38.1 Å². The van der Waals surface area contributed by atoms with Gasteiger partial charge in [0.25, 0.3) is 0 Å². The summed E-state index contributed by atoms with van der Waals surface area (Å²) in [5.74, 6) is 2.66. The molecule has 2 fully saturated rings. The standard InChI is InChI=1S/C15H22N2O2/c18-15(6-5-14-2-1-7-19-14)17-13-4-3-11-9-16-10-12(11)8-13/h1-2,7,11-13,16H,3-6,8-10H2,(H,17,18)/t11-,12+,13?/m0/s1. The summed E-state index contributed by atoms with van der Waals surface area (Å²) in [6, 6.07) is 4.16. The average molecular weight is 262 g/mol. The number of fused-ring (bicyclic) bond motifs is 1. The van der Waals surface area contributed by atoms with E-state index in [4.69, 9.17) is 4.42 Å². The quantitative estimate of drug-likeness (QED) is 0.868. The lowest BCUT2D eigenvalue weighted by Gasteiger charge is -2.31. The Morgan fingerprint density at radius 3 is 3.11 bits per heavy atom. The third-order valence-electron chi connectivity index (χ3n) is 4.50. The molecular formula is C15H22N2O2. The molecule has 2 heterocycles. The molecule has 1 aliphatic heterocycles. The minimum absolute atomic E-state index is 0.158. The molecule has 1 amide bonds. The molecule has 1 saturated carbocycles. The molecule has 4 heteroatoms. The molecule has 0 spiro atoms. The van der Waals surface area contributed by atoms with Gasteiger partial charge in [-0.2, -0.15) is 0 Å². The van der Waals surface area contributed by atoms with Gasteiger partial charge < -0.3 is 15.1 Å². The first kappa shape index (κ1) is 12.7. The highest BCUT2D eigenvalue weighted by molar-refractivity contribution is 5.76. The Morgan fingerprint density at radius 1 is 1.37 bits per heavy atom. The minimum atomic E-state index is 0.158. The maximum absolute atomic E-state index is 11.9. The smallest absolute Gasteiger partial charge is 0.220 e. The zero-order chi connectivity index (χ0) is 13.1. The lowest BCUT2D eigenvalue weighted by Crippen LogP contribution is -2.40. The first-order valence-corrected chi connectivity index (χ1v) is 7.34. The zero-order valence-corrected chi connectivity index (χ0v) is 11.2. The van der Waals surface area contributed by atoms with Gasteiger partial charge in [0, 0.05) is 18.9 Å². The van der Waals surface area contributed by atoms with Gasteiger partial charge in [-0.05, 0) is 56.3 Å². The molecule has 0 aromatic carbocycles. The van der Waals surface area contributed by atoms with Gasteiger partial charge in [0.15, 0.2) is 0 Å². The SMILES string of the molecule is O=C(CCc1ccco1)NC1CC[C@H]2CNC[C@H]2C1. The Labute approximate surface area is 113 Å². The van der Waals surface area contributed by atoms with Crippen LogP contribution in [0.1, 0.15) is 31.4 Å². The summed E-state index contributed by atoms with van der Waals surface area (Å²) in [7, 11) is 0. The average Bonchev–Trinajstić information content (AvgIpc) is 3.07. The van der Waals surface area contributed by atoms with E-state index in [0.29, 0.717) is 18.9 Å². The van der Waals surface area contributed by atoms with E-state index < -0.39 is 0 Å². The third-order valence-corrected chi connectivity index (χ3v) is 4.50. The van der Waals surface area contributed by atoms with Crippen LogP contribution < -0.4 is 10.6 Å². The lowest BCUT2D eigenvalue weighted by molar-refractivity contribution is -0.122.